The van der Waals surface area contributed by atoms with Gasteiger partial charge in [-0.1, -0.05) is 187 Å². The summed E-state index contributed by atoms with van der Waals surface area (Å²) >= 11 is 0. The molecular formula is C66H58N6. The van der Waals surface area contributed by atoms with E-state index < -0.39 is 0 Å². The van der Waals surface area contributed by atoms with Gasteiger partial charge in [-0.05, 0) is 117 Å². The van der Waals surface area contributed by atoms with Crippen LogP contribution in [0.5, 0.6) is 0 Å². The first-order valence-corrected chi connectivity index (χ1v) is 24.8. The normalized spacial score (nSPS) is 12.0. The van der Waals surface area contributed by atoms with Crippen molar-refractivity contribution < 1.29 is 0 Å². The lowest BCUT2D eigenvalue weighted by Gasteiger charge is -2.32. The first-order chi connectivity index (χ1) is 35.0. The summed E-state index contributed by atoms with van der Waals surface area (Å²) < 4.78 is 0. The summed E-state index contributed by atoms with van der Waals surface area (Å²) in [5, 5.41) is 7.72. The average Bonchev–Trinajstić information content (AvgIpc) is 3.52. The van der Waals surface area contributed by atoms with Crippen LogP contribution in [-0.2, 0) is 10.8 Å². The van der Waals surface area contributed by atoms with E-state index in [4.69, 9.17) is 9.97 Å². The van der Waals surface area contributed by atoms with Crippen LogP contribution >= 0.6 is 0 Å². The van der Waals surface area contributed by atoms with Gasteiger partial charge in [0.05, 0.1) is 22.7 Å². The van der Waals surface area contributed by atoms with Crippen molar-refractivity contribution in [3.8, 4) is 44.5 Å². The molecule has 0 saturated carbocycles. The molecule has 8 aromatic carbocycles. The van der Waals surface area contributed by atoms with E-state index in [9.17, 15) is 0 Å². The standard InChI is InChI=1S/C66H58N6/c1-65(2,3)47-37-39-67-62(42-47)72-60-34-19-18-30-57(60)55-28-16-17-29-56(55)58-36-35-51(44-61(58)72)71(50-26-14-9-15-27-50)52-41-48(66(4,5)6)40-49(43-52)69-59-33-21-38-68-64(59)70-63-53(45-22-10-7-11-23-45)31-20-32-54(63)46-24-12-8-13-25-46/h7-44,69H,1-6H3,(H,68,70). The van der Waals surface area contributed by atoms with E-state index in [-0.39, 0.29) is 10.8 Å². The topological polar surface area (TPSA) is 56.3 Å². The van der Waals surface area contributed by atoms with Crippen LogP contribution in [0.15, 0.2) is 231 Å². The third-order valence-corrected chi connectivity index (χ3v) is 13.6. The molecule has 1 aliphatic heterocycles. The molecule has 0 spiro atoms. The van der Waals surface area contributed by atoms with Crippen molar-refractivity contribution in [3.05, 3.63) is 242 Å². The molecule has 10 aromatic rings. The molecule has 2 aromatic heterocycles. The Morgan fingerprint density at radius 3 is 1.62 bits per heavy atom. The van der Waals surface area contributed by atoms with E-state index in [1.54, 1.807) is 0 Å². The molecule has 0 radical (unpaired) electrons. The van der Waals surface area contributed by atoms with Crippen LogP contribution in [0.4, 0.5) is 57.1 Å². The molecule has 0 unspecified atom stereocenters. The molecular weight excluding hydrogens is 877 g/mol. The van der Waals surface area contributed by atoms with E-state index >= 15 is 0 Å². The number of nitrogens with zero attached hydrogens (tertiary/aromatic N) is 4. The molecule has 352 valence electrons. The summed E-state index contributed by atoms with van der Waals surface area (Å²) in [6, 6.07) is 78.0. The smallest absolute Gasteiger partial charge is 0.154 e. The summed E-state index contributed by atoms with van der Waals surface area (Å²) in [7, 11) is 0. The Labute approximate surface area is 424 Å². The second-order valence-electron chi connectivity index (χ2n) is 20.6. The third kappa shape index (κ3) is 8.99. The fourth-order valence-electron chi connectivity index (χ4n) is 9.86. The Morgan fingerprint density at radius 2 is 0.972 bits per heavy atom. The highest BCUT2D eigenvalue weighted by Crippen LogP contribution is 2.53. The minimum absolute atomic E-state index is 0.0744. The Hall–Kier alpha value is -8.74. The fourth-order valence-corrected chi connectivity index (χ4v) is 9.86. The number of para-hydroxylation sites is 3. The van der Waals surface area contributed by atoms with Gasteiger partial charge < -0.3 is 15.5 Å². The lowest BCUT2D eigenvalue weighted by atomic mass is 9.86. The van der Waals surface area contributed by atoms with Crippen molar-refractivity contribution in [2.45, 2.75) is 52.4 Å². The fraction of sp³-hybridized carbons (Fsp3) is 0.121. The first-order valence-electron chi connectivity index (χ1n) is 24.8. The minimum atomic E-state index is -0.189. The van der Waals surface area contributed by atoms with Gasteiger partial charge in [-0.3, -0.25) is 4.90 Å². The van der Waals surface area contributed by atoms with Gasteiger partial charge in [-0.25, -0.2) is 9.97 Å². The molecule has 3 heterocycles. The van der Waals surface area contributed by atoms with Gasteiger partial charge in [0, 0.05) is 57.4 Å². The van der Waals surface area contributed by atoms with Crippen molar-refractivity contribution in [2.24, 2.45) is 0 Å². The van der Waals surface area contributed by atoms with Crippen LogP contribution in [-0.4, -0.2) is 9.97 Å². The molecule has 6 heteroatoms. The Bertz CT molecular complexity index is 3500. The molecule has 2 N–H and O–H groups in total. The van der Waals surface area contributed by atoms with E-state index in [2.05, 4.69) is 274 Å². The second-order valence-corrected chi connectivity index (χ2v) is 20.6. The van der Waals surface area contributed by atoms with Gasteiger partial charge in [0.2, 0.25) is 0 Å². The number of pyridine rings is 2. The zero-order valence-electron chi connectivity index (χ0n) is 41.7. The molecule has 1 aliphatic rings. The quantitative estimate of drug-likeness (QED) is 0.142. The zero-order valence-corrected chi connectivity index (χ0v) is 41.7. The van der Waals surface area contributed by atoms with Crippen molar-refractivity contribution in [1.82, 2.24) is 9.97 Å². The van der Waals surface area contributed by atoms with Gasteiger partial charge >= 0.3 is 0 Å². The number of anilines is 10. The number of aromatic nitrogens is 2. The summed E-state index contributed by atoms with van der Waals surface area (Å²) in [6.07, 6.45) is 3.80. The zero-order chi connectivity index (χ0) is 49.4. The number of rotatable bonds is 10. The van der Waals surface area contributed by atoms with Crippen LogP contribution in [0.2, 0.25) is 0 Å². The van der Waals surface area contributed by atoms with Gasteiger partial charge in [0.25, 0.3) is 0 Å². The summed E-state index contributed by atoms with van der Waals surface area (Å²) in [4.78, 5) is 14.9. The van der Waals surface area contributed by atoms with Crippen molar-refractivity contribution in [3.63, 3.8) is 0 Å². The maximum Gasteiger partial charge on any atom is 0.154 e. The largest absolute Gasteiger partial charge is 0.352 e. The number of hydrogen-bond donors (Lipinski definition) is 2. The van der Waals surface area contributed by atoms with Crippen LogP contribution in [0.25, 0.3) is 44.5 Å². The van der Waals surface area contributed by atoms with Crippen molar-refractivity contribution in [2.75, 3.05) is 20.4 Å². The lowest BCUT2D eigenvalue weighted by molar-refractivity contribution is 0.589. The first kappa shape index (κ1) is 45.7. The van der Waals surface area contributed by atoms with Gasteiger partial charge in [-0.2, -0.15) is 0 Å². The molecule has 0 bridgehead atoms. The SMILES string of the molecule is CC(C)(C)c1cc(Nc2cccnc2Nc2c(-c3ccccc3)cccc2-c2ccccc2)cc(N(c2ccccc2)c2ccc3c(c2)N(c2cc(C(C)(C)C)ccn2)c2ccccc2-c2ccccc2-3)c1. The number of hydrogen-bond acceptors (Lipinski definition) is 6. The van der Waals surface area contributed by atoms with Crippen LogP contribution < -0.4 is 20.4 Å². The summed E-state index contributed by atoms with van der Waals surface area (Å²) in [5.41, 5.74) is 19.2. The van der Waals surface area contributed by atoms with Crippen molar-refractivity contribution in [1.29, 1.82) is 0 Å². The Balaban J connectivity index is 1.07. The van der Waals surface area contributed by atoms with E-state index in [1.807, 2.05) is 18.5 Å². The maximum absolute atomic E-state index is 5.13. The molecule has 11 rings (SSSR count). The predicted octanol–water partition coefficient (Wildman–Crippen LogP) is 18.5. The lowest BCUT2D eigenvalue weighted by Crippen LogP contribution is -2.17. The van der Waals surface area contributed by atoms with Crippen LogP contribution in [0, 0.1) is 0 Å². The van der Waals surface area contributed by atoms with Gasteiger partial charge in [-0.15, -0.1) is 0 Å². The van der Waals surface area contributed by atoms with E-state index in [0.717, 1.165) is 90.5 Å². The Morgan fingerprint density at radius 1 is 0.389 bits per heavy atom. The minimum Gasteiger partial charge on any atom is -0.352 e. The third-order valence-electron chi connectivity index (χ3n) is 13.6. The van der Waals surface area contributed by atoms with Crippen LogP contribution in [0.3, 0.4) is 0 Å². The van der Waals surface area contributed by atoms with Gasteiger partial charge in [0.1, 0.15) is 5.82 Å². The maximum atomic E-state index is 5.13. The average molecular weight is 935 g/mol. The summed E-state index contributed by atoms with van der Waals surface area (Å²) in [5.74, 6) is 1.59. The van der Waals surface area contributed by atoms with Gasteiger partial charge in [0.15, 0.2) is 5.82 Å². The summed E-state index contributed by atoms with van der Waals surface area (Å²) in [6.45, 7) is 13.6. The highest BCUT2D eigenvalue weighted by Gasteiger charge is 2.30. The number of benzene rings is 8. The number of nitrogens with one attached hydrogen (secondary N) is 2. The molecule has 0 aliphatic carbocycles. The highest BCUT2D eigenvalue weighted by molar-refractivity contribution is 6.03. The molecule has 6 nitrogen and oxygen atoms in total. The van der Waals surface area contributed by atoms with Crippen molar-refractivity contribution >= 4 is 57.1 Å². The van der Waals surface area contributed by atoms with Crippen LogP contribution in [0.1, 0.15) is 52.7 Å². The molecule has 0 amide bonds. The number of fused-ring (bicyclic) bond motifs is 5. The monoisotopic (exact) mass is 934 g/mol. The second kappa shape index (κ2) is 18.9. The molecule has 0 atom stereocenters. The molecule has 0 fully saturated rings. The molecule has 0 saturated heterocycles. The Kier molecular flexibility index (Phi) is 12.0. The van der Waals surface area contributed by atoms with E-state index in [0.29, 0.717) is 0 Å². The highest BCUT2D eigenvalue weighted by atomic mass is 15.2. The predicted molar refractivity (Wildman–Crippen MR) is 304 cm³/mol. The molecule has 72 heavy (non-hydrogen) atoms. The van der Waals surface area contributed by atoms with E-state index in [1.165, 1.54) is 22.3 Å².